The Bertz CT molecular complexity index is 1120. The molecule has 0 unspecified atom stereocenters. The topological polar surface area (TPSA) is 84.7 Å². The summed E-state index contributed by atoms with van der Waals surface area (Å²) in [4.78, 5) is 25.0. The highest BCUT2D eigenvalue weighted by Gasteiger charge is 2.08. The van der Waals surface area contributed by atoms with Gasteiger partial charge in [-0.1, -0.05) is 17.2 Å². The zero-order valence-electron chi connectivity index (χ0n) is 16.1. The molecule has 4 rings (SSSR count). The number of aromatic nitrogens is 4. The van der Waals surface area contributed by atoms with Crippen molar-refractivity contribution in [2.45, 2.75) is 13.8 Å². The molecule has 144 valence electrons. The predicted molar refractivity (Wildman–Crippen MR) is 113 cm³/mol. The highest BCUT2D eigenvalue weighted by molar-refractivity contribution is 6.04. The Labute approximate surface area is 168 Å². The summed E-state index contributed by atoms with van der Waals surface area (Å²) in [6.45, 7) is 3.96. The molecule has 0 atom stereocenters. The number of hydrogen-bond donors (Lipinski definition) is 2. The molecule has 0 aliphatic rings. The maximum Gasteiger partial charge on any atom is 0.255 e. The van der Waals surface area contributed by atoms with Crippen molar-refractivity contribution in [3.63, 3.8) is 0 Å². The van der Waals surface area contributed by atoms with Gasteiger partial charge in [-0.2, -0.15) is 0 Å². The van der Waals surface area contributed by atoms with Crippen molar-refractivity contribution in [3.8, 4) is 5.82 Å². The van der Waals surface area contributed by atoms with Crippen LogP contribution in [0.5, 0.6) is 0 Å². The lowest BCUT2D eigenvalue weighted by atomic mass is 10.1. The molecule has 0 radical (unpaired) electrons. The highest BCUT2D eigenvalue weighted by Crippen LogP contribution is 2.19. The van der Waals surface area contributed by atoms with Gasteiger partial charge in [0.25, 0.3) is 5.91 Å². The summed E-state index contributed by atoms with van der Waals surface area (Å²) in [5.74, 6) is 1.26. The number of anilines is 3. The van der Waals surface area contributed by atoms with Gasteiger partial charge in [-0.25, -0.2) is 15.0 Å². The van der Waals surface area contributed by atoms with E-state index >= 15 is 0 Å². The maximum absolute atomic E-state index is 12.5. The first kappa shape index (κ1) is 18.4. The number of rotatable bonds is 5. The van der Waals surface area contributed by atoms with Gasteiger partial charge < -0.3 is 10.6 Å². The number of aryl methyl sites for hydroxylation is 2. The molecular formula is C22H20N6O. The van der Waals surface area contributed by atoms with E-state index in [9.17, 15) is 4.79 Å². The quantitative estimate of drug-likeness (QED) is 0.537. The number of hydrogen-bond acceptors (Lipinski definition) is 5. The lowest BCUT2D eigenvalue weighted by molar-refractivity contribution is 0.102. The van der Waals surface area contributed by atoms with E-state index in [0.717, 1.165) is 28.3 Å². The van der Waals surface area contributed by atoms with Crippen LogP contribution in [-0.2, 0) is 0 Å². The molecule has 4 aromatic rings. The van der Waals surface area contributed by atoms with E-state index < -0.39 is 0 Å². The molecule has 0 aliphatic carbocycles. The Morgan fingerprint density at radius 2 is 1.66 bits per heavy atom. The smallest absolute Gasteiger partial charge is 0.255 e. The Kier molecular flexibility index (Phi) is 5.03. The fraction of sp³-hybridized carbons (Fsp3) is 0.0909. The Morgan fingerprint density at radius 3 is 2.34 bits per heavy atom. The summed E-state index contributed by atoms with van der Waals surface area (Å²) >= 11 is 0. The Morgan fingerprint density at radius 1 is 0.931 bits per heavy atom. The number of amides is 1. The standard InChI is InChI=1S/C22H20N6O/c1-15-9-16(2)11-17(10-15)22(29)27-19-5-3-18(4-6-19)26-20-12-21(25-13-24-20)28-8-7-23-14-28/h3-14H,1-2H3,(H,27,29)(H,24,25,26). The lowest BCUT2D eigenvalue weighted by Gasteiger charge is -2.10. The van der Waals surface area contributed by atoms with E-state index in [1.54, 1.807) is 17.1 Å². The van der Waals surface area contributed by atoms with Crippen LogP contribution >= 0.6 is 0 Å². The van der Waals surface area contributed by atoms with E-state index in [2.05, 4.69) is 25.6 Å². The van der Waals surface area contributed by atoms with Gasteiger partial charge >= 0.3 is 0 Å². The molecule has 0 bridgehead atoms. The minimum Gasteiger partial charge on any atom is -0.340 e. The van der Waals surface area contributed by atoms with Gasteiger partial charge in [0.05, 0.1) is 0 Å². The van der Waals surface area contributed by atoms with Crippen LogP contribution in [0.25, 0.3) is 5.82 Å². The number of carbonyl (C=O) groups excluding carboxylic acids is 1. The van der Waals surface area contributed by atoms with Crippen molar-refractivity contribution in [2.24, 2.45) is 0 Å². The van der Waals surface area contributed by atoms with Crippen LogP contribution in [0.2, 0.25) is 0 Å². The molecule has 0 saturated heterocycles. The van der Waals surface area contributed by atoms with Crippen molar-refractivity contribution >= 4 is 23.1 Å². The predicted octanol–water partition coefficient (Wildman–Crippen LogP) is 4.28. The molecule has 0 fully saturated rings. The zero-order valence-corrected chi connectivity index (χ0v) is 16.1. The molecule has 1 amide bonds. The normalized spacial score (nSPS) is 10.6. The van der Waals surface area contributed by atoms with Gasteiger partial charge in [0.1, 0.15) is 24.3 Å². The molecular weight excluding hydrogens is 364 g/mol. The highest BCUT2D eigenvalue weighted by atomic mass is 16.1. The molecule has 0 saturated carbocycles. The van der Waals surface area contributed by atoms with E-state index in [0.29, 0.717) is 11.4 Å². The van der Waals surface area contributed by atoms with Crippen molar-refractivity contribution in [2.75, 3.05) is 10.6 Å². The van der Waals surface area contributed by atoms with Crippen LogP contribution in [0, 0.1) is 13.8 Å². The summed E-state index contributed by atoms with van der Waals surface area (Å²) in [6.07, 6.45) is 6.69. The minimum absolute atomic E-state index is 0.127. The molecule has 2 N–H and O–H groups in total. The summed E-state index contributed by atoms with van der Waals surface area (Å²) in [6, 6.07) is 15.1. The average Bonchev–Trinajstić information content (AvgIpc) is 3.24. The monoisotopic (exact) mass is 384 g/mol. The van der Waals surface area contributed by atoms with E-state index in [-0.39, 0.29) is 5.91 Å². The van der Waals surface area contributed by atoms with Crippen LogP contribution in [-0.4, -0.2) is 25.4 Å². The van der Waals surface area contributed by atoms with Gasteiger partial charge in [0, 0.05) is 35.4 Å². The Balaban J connectivity index is 1.44. The molecule has 7 heteroatoms. The molecule has 0 aliphatic heterocycles. The largest absolute Gasteiger partial charge is 0.340 e. The van der Waals surface area contributed by atoms with Crippen LogP contribution in [0.4, 0.5) is 17.2 Å². The lowest BCUT2D eigenvalue weighted by Crippen LogP contribution is -2.12. The fourth-order valence-electron chi connectivity index (χ4n) is 3.05. The third-order valence-corrected chi connectivity index (χ3v) is 4.32. The second-order valence-corrected chi connectivity index (χ2v) is 6.76. The molecule has 2 aromatic carbocycles. The number of imidazole rings is 1. The van der Waals surface area contributed by atoms with Gasteiger partial charge in [0.2, 0.25) is 0 Å². The first-order valence-electron chi connectivity index (χ1n) is 9.14. The van der Waals surface area contributed by atoms with Crippen molar-refractivity contribution in [1.29, 1.82) is 0 Å². The SMILES string of the molecule is Cc1cc(C)cc(C(=O)Nc2ccc(Nc3cc(-n4ccnc4)ncn3)cc2)c1. The number of nitrogens with one attached hydrogen (secondary N) is 2. The maximum atomic E-state index is 12.5. The third kappa shape index (κ3) is 4.47. The third-order valence-electron chi connectivity index (χ3n) is 4.32. The van der Waals surface area contributed by atoms with E-state index in [1.165, 1.54) is 6.33 Å². The molecule has 7 nitrogen and oxygen atoms in total. The van der Waals surface area contributed by atoms with Crippen LogP contribution in [0.1, 0.15) is 21.5 Å². The zero-order chi connectivity index (χ0) is 20.2. The van der Waals surface area contributed by atoms with Crippen LogP contribution in [0.15, 0.2) is 73.6 Å². The van der Waals surface area contributed by atoms with Crippen molar-refractivity contribution in [3.05, 3.63) is 90.3 Å². The minimum atomic E-state index is -0.127. The first-order valence-corrected chi connectivity index (χ1v) is 9.14. The molecule has 29 heavy (non-hydrogen) atoms. The fourth-order valence-corrected chi connectivity index (χ4v) is 3.05. The summed E-state index contributed by atoms with van der Waals surface area (Å²) in [7, 11) is 0. The Hall–Kier alpha value is -4.00. The second-order valence-electron chi connectivity index (χ2n) is 6.76. The molecule has 0 spiro atoms. The number of benzene rings is 2. The van der Waals surface area contributed by atoms with Gasteiger partial charge in [0.15, 0.2) is 0 Å². The summed E-state index contributed by atoms with van der Waals surface area (Å²) in [5, 5.41) is 6.16. The van der Waals surface area contributed by atoms with Gasteiger partial charge in [-0.05, 0) is 50.2 Å². The van der Waals surface area contributed by atoms with E-state index in [1.807, 2.05) is 68.6 Å². The number of nitrogens with zero attached hydrogens (tertiary/aromatic N) is 4. The van der Waals surface area contributed by atoms with Crippen molar-refractivity contribution < 1.29 is 4.79 Å². The van der Waals surface area contributed by atoms with Crippen LogP contribution < -0.4 is 10.6 Å². The number of carbonyl (C=O) groups is 1. The molecule has 2 aromatic heterocycles. The van der Waals surface area contributed by atoms with Gasteiger partial charge in [-0.15, -0.1) is 0 Å². The second kappa shape index (κ2) is 7.93. The average molecular weight is 384 g/mol. The first-order chi connectivity index (χ1) is 14.1. The van der Waals surface area contributed by atoms with Crippen molar-refractivity contribution in [1.82, 2.24) is 19.5 Å². The van der Waals surface area contributed by atoms with E-state index in [4.69, 9.17) is 0 Å². The molecule has 2 heterocycles. The van der Waals surface area contributed by atoms with Crippen LogP contribution in [0.3, 0.4) is 0 Å². The summed E-state index contributed by atoms with van der Waals surface area (Å²) < 4.78 is 1.80. The summed E-state index contributed by atoms with van der Waals surface area (Å²) in [5.41, 5.74) is 4.35. The van der Waals surface area contributed by atoms with Gasteiger partial charge in [-0.3, -0.25) is 9.36 Å².